The number of halogens is 3. The van der Waals surface area contributed by atoms with E-state index in [2.05, 4.69) is 0 Å². The van der Waals surface area contributed by atoms with Gasteiger partial charge in [0.2, 0.25) is 3.79 Å². The molecule has 1 saturated carbocycles. The lowest BCUT2D eigenvalue weighted by atomic mass is 9.72. The molecule has 1 N–H and O–H groups in total. The third-order valence-corrected chi connectivity index (χ3v) is 4.55. The van der Waals surface area contributed by atoms with Crippen molar-refractivity contribution in [3.8, 4) is 0 Å². The summed E-state index contributed by atoms with van der Waals surface area (Å²) < 4.78 is -1.64. The second-order valence-electron chi connectivity index (χ2n) is 4.63. The standard InChI is InChI=1S/C13H15Cl3O/c14-13(15,16)12(17)9-5-4-8-11(12)10-6-2-1-3-7-10/h1-3,6-7,11,17H,4-5,8-9H2/t11-,12-/m0/s1. The molecular weight excluding hydrogens is 279 g/mol. The van der Waals surface area contributed by atoms with Crippen LogP contribution in [-0.2, 0) is 0 Å². The van der Waals surface area contributed by atoms with Gasteiger partial charge in [-0.1, -0.05) is 78.0 Å². The maximum absolute atomic E-state index is 10.7. The maximum Gasteiger partial charge on any atom is 0.219 e. The average molecular weight is 294 g/mol. The minimum Gasteiger partial charge on any atom is -0.385 e. The van der Waals surface area contributed by atoms with E-state index in [1.54, 1.807) is 0 Å². The molecule has 17 heavy (non-hydrogen) atoms. The van der Waals surface area contributed by atoms with Crippen LogP contribution < -0.4 is 0 Å². The summed E-state index contributed by atoms with van der Waals surface area (Å²) >= 11 is 17.9. The van der Waals surface area contributed by atoms with Crippen LogP contribution in [-0.4, -0.2) is 14.5 Å². The Hall–Kier alpha value is 0.0500. The quantitative estimate of drug-likeness (QED) is 0.759. The molecule has 1 aromatic carbocycles. The Morgan fingerprint density at radius 3 is 2.35 bits per heavy atom. The molecule has 0 saturated heterocycles. The van der Waals surface area contributed by atoms with Crippen LogP contribution in [0.3, 0.4) is 0 Å². The Morgan fingerprint density at radius 2 is 1.76 bits per heavy atom. The van der Waals surface area contributed by atoms with Gasteiger partial charge in [0.05, 0.1) is 0 Å². The van der Waals surface area contributed by atoms with Gasteiger partial charge < -0.3 is 5.11 Å². The fourth-order valence-electron chi connectivity index (χ4n) is 2.62. The van der Waals surface area contributed by atoms with Crippen molar-refractivity contribution in [3.63, 3.8) is 0 Å². The molecule has 1 aromatic rings. The first-order valence-corrected chi connectivity index (χ1v) is 6.92. The predicted octanol–water partition coefficient (Wildman–Crippen LogP) is 4.45. The third kappa shape index (κ3) is 2.58. The molecule has 1 fully saturated rings. The highest BCUT2D eigenvalue weighted by Gasteiger charge is 2.53. The first kappa shape index (κ1) is 13.5. The zero-order valence-corrected chi connectivity index (χ0v) is 11.6. The number of alkyl halides is 3. The zero-order valence-electron chi connectivity index (χ0n) is 9.37. The van der Waals surface area contributed by atoms with Gasteiger partial charge in [0.15, 0.2) is 0 Å². The highest BCUT2D eigenvalue weighted by molar-refractivity contribution is 6.68. The van der Waals surface area contributed by atoms with E-state index >= 15 is 0 Å². The molecule has 2 atom stereocenters. The summed E-state index contributed by atoms with van der Waals surface area (Å²) in [4.78, 5) is 0. The van der Waals surface area contributed by atoms with Crippen molar-refractivity contribution in [2.24, 2.45) is 0 Å². The van der Waals surface area contributed by atoms with Crippen LogP contribution in [0.15, 0.2) is 30.3 Å². The third-order valence-electron chi connectivity index (χ3n) is 3.57. The van der Waals surface area contributed by atoms with Gasteiger partial charge >= 0.3 is 0 Å². The van der Waals surface area contributed by atoms with Gasteiger partial charge in [0.1, 0.15) is 5.60 Å². The van der Waals surface area contributed by atoms with E-state index in [-0.39, 0.29) is 5.92 Å². The number of benzene rings is 1. The second-order valence-corrected chi connectivity index (χ2v) is 6.91. The molecule has 0 spiro atoms. The fourth-order valence-corrected chi connectivity index (χ4v) is 3.30. The highest BCUT2D eigenvalue weighted by Crippen LogP contribution is 2.53. The Bertz CT molecular complexity index is 374. The van der Waals surface area contributed by atoms with Crippen LogP contribution in [0.2, 0.25) is 0 Å². The lowest BCUT2D eigenvalue weighted by molar-refractivity contribution is -0.0136. The molecule has 0 unspecified atom stereocenters. The van der Waals surface area contributed by atoms with Crippen molar-refractivity contribution in [1.82, 2.24) is 0 Å². The Morgan fingerprint density at radius 1 is 1.12 bits per heavy atom. The van der Waals surface area contributed by atoms with Crippen molar-refractivity contribution >= 4 is 34.8 Å². The molecule has 0 heterocycles. The lowest BCUT2D eigenvalue weighted by Crippen LogP contribution is -2.49. The van der Waals surface area contributed by atoms with Gasteiger partial charge in [0.25, 0.3) is 0 Å². The van der Waals surface area contributed by atoms with Crippen molar-refractivity contribution in [2.75, 3.05) is 0 Å². The van der Waals surface area contributed by atoms with Crippen molar-refractivity contribution in [3.05, 3.63) is 35.9 Å². The molecule has 0 radical (unpaired) electrons. The van der Waals surface area contributed by atoms with Gasteiger partial charge in [-0.15, -0.1) is 0 Å². The van der Waals surface area contributed by atoms with Crippen molar-refractivity contribution < 1.29 is 5.11 Å². The SMILES string of the molecule is O[C@@]1(C(Cl)(Cl)Cl)CCCC[C@H]1c1ccccc1. The smallest absolute Gasteiger partial charge is 0.219 e. The molecule has 1 aliphatic rings. The topological polar surface area (TPSA) is 20.2 Å². The van der Waals surface area contributed by atoms with E-state index in [4.69, 9.17) is 34.8 Å². The van der Waals surface area contributed by atoms with E-state index < -0.39 is 9.39 Å². The number of hydrogen-bond donors (Lipinski definition) is 1. The summed E-state index contributed by atoms with van der Waals surface area (Å²) in [6.45, 7) is 0. The van der Waals surface area contributed by atoms with Gasteiger partial charge in [-0.3, -0.25) is 0 Å². The van der Waals surface area contributed by atoms with Crippen LogP contribution in [0.5, 0.6) is 0 Å². The molecule has 2 rings (SSSR count). The summed E-state index contributed by atoms with van der Waals surface area (Å²) in [5.41, 5.74) is -0.224. The average Bonchev–Trinajstić information content (AvgIpc) is 2.29. The van der Waals surface area contributed by atoms with Gasteiger partial charge in [0, 0.05) is 5.92 Å². The summed E-state index contributed by atoms with van der Waals surface area (Å²) in [6.07, 6.45) is 3.34. The summed E-state index contributed by atoms with van der Waals surface area (Å²) in [5, 5.41) is 10.7. The molecule has 4 heteroatoms. The zero-order chi connectivity index (χ0) is 12.5. The second kappa shape index (κ2) is 4.97. The largest absolute Gasteiger partial charge is 0.385 e. The van der Waals surface area contributed by atoms with Crippen LogP contribution in [0.25, 0.3) is 0 Å². The molecule has 0 amide bonds. The molecule has 0 bridgehead atoms. The van der Waals surface area contributed by atoms with Crippen LogP contribution >= 0.6 is 34.8 Å². The summed E-state index contributed by atoms with van der Waals surface area (Å²) in [7, 11) is 0. The molecular formula is C13H15Cl3O. The normalized spacial score (nSPS) is 30.2. The number of rotatable bonds is 1. The van der Waals surface area contributed by atoms with E-state index in [0.717, 1.165) is 24.8 Å². The van der Waals surface area contributed by atoms with Crippen molar-refractivity contribution in [1.29, 1.82) is 0 Å². The number of hydrogen-bond acceptors (Lipinski definition) is 1. The molecule has 1 nitrogen and oxygen atoms in total. The van der Waals surface area contributed by atoms with Gasteiger partial charge in [-0.2, -0.15) is 0 Å². The maximum atomic E-state index is 10.7. The fraction of sp³-hybridized carbons (Fsp3) is 0.538. The monoisotopic (exact) mass is 292 g/mol. The predicted molar refractivity (Wildman–Crippen MR) is 72.9 cm³/mol. The first-order valence-electron chi connectivity index (χ1n) is 5.79. The minimum absolute atomic E-state index is 0.107. The van der Waals surface area contributed by atoms with Crippen LogP contribution in [0, 0.1) is 0 Å². The van der Waals surface area contributed by atoms with E-state index in [1.807, 2.05) is 30.3 Å². The van der Waals surface area contributed by atoms with Gasteiger partial charge in [-0.25, -0.2) is 0 Å². The highest BCUT2D eigenvalue weighted by atomic mass is 35.6. The van der Waals surface area contributed by atoms with E-state index in [9.17, 15) is 5.11 Å². The first-order chi connectivity index (χ1) is 7.95. The van der Waals surface area contributed by atoms with E-state index in [1.165, 1.54) is 0 Å². The van der Waals surface area contributed by atoms with Crippen LogP contribution in [0.1, 0.15) is 37.2 Å². The summed E-state index contributed by atoms with van der Waals surface area (Å²) in [5.74, 6) is -0.107. The lowest BCUT2D eigenvalue weighted by Gasteiger charge is -2.44. The summed E-state index contributed by atoms with van der Waals surface area (Å²) in [6, 6.07) is 9.81. The molecule has 0 aromatic heterocycles. The Balaban J connectivity index is 2.37. The molecule has 94 valence electrons. The van der Waals surface area contributed by atoms with E-state index in [0.29, 0.717) is 6.42 Å². The Labute approximate surface area is 117 Å². The van der Waals surface area contributed by atoms with Gasteiger partial charge in [-0.05, 0) is 18.4 Å². The number of aliphatic hydroxyl groups is 1. The molecule has 0 aliphatic heterocycles. The molecule has 1 aliphatic carbocycles. The Kier molecular flexibility index (Phi) is 3.94. The van der Waals surface area contributed by atoms with Crippen molar-refractivity contribution in [2.45, 2.75) is 41.0 Å². The minimum atomic E-state index is -1.64. The van der Waals surface area contributed by atoms with Crippen LogP contribution in [0.4, 0.5) is 0 Å².